The van der Waals surface area contributed by atoms with Gasteiger partial charge in [-0.15, -0.1) is 0 Å². The number of alkyl halides is 3. The molecule has 12 heteroatoms. The van der Waals surface area contributed by atoms with Crippen LogP contribution in [0.4, 0.5) is 13.2 Å². The number of nitrogens with zero attached hydrogens (tertiary/aromatic N) is 1. The van der Waals surface area contributed by atoms with Gasteiger partial charge < -0.3 is 18.4 Å². The van der Waals surface area contributed by atoms with Crippen LogP contribution >= 0.6 is 27.5 Å². The molecule has 2 aromatic carbocycles. The van der Waals surface area contributed by atoms with Gasteiger partial charge in [-0.2, -0.15) is 13.2 Å². The van der Waals surface area contributed by atoms with Gasteiger partial charge in [0.25, 0.3) is 5.76 Å². The zero-order valence-corrected chi connectivity index (χ0v) is 19.2. The molecule has 0 aliphatic rings. The Morgan fingerprint density at radius 1 is 1.15 bits per heavy atom. The zero-order valence-electron chi connectivity index (χ0n) is 16.8. The Bertz CT molecular complexity index is 1430. The van der Waals surface area contributed by atoms with Gasteiger partial charge in [-0.1, -0.05) is 28.9 Å². The molecule has 0 aliphatic carbocycles. The number of ether oxygens (including phenoxy) is 2. The molecule has 0 amide bonds. The molecule has 4 rings (SSSR count). The molecule has 0 N–H and O–H groups in total. The summed E-state index contributed by atoms with van der Waals surface area (Å²) in [6.07, 6.45) is -5.00. The van der Waals surface area contributed by atoms with Crippen LogP contribution in [0.1, 0.15) is 17.9 Å². The summed E-state index contributed by atoms with van der Waals surface area (Å²) in [5.41, 5.74) is -1.46. The second-order valence-electron chi connectivity index (χ2n) is 6.87. The van der Waals surface area contributed by atoms with Gasteiger partial charge in [0.1, 0.15) is 22.8 Å². The number of aromatic nitrogens is 1. The Hall–Kier alpha value is -3.31. The third kappa shape index (κ3) is 5.26. The fourth-order valence-corrected chi connectivity index (χ4v) is 3.47. The standard InChI is InChI=1S/C22H12BrClF3NO6/c23-14-3-1-2-4-15(14)32-20-19(30)13-7-5-11(9-16(13)33-21(20)22(25,26)27)31-18(29)8-6-12-10-17(24)28-34-12/h1-5,7,9-10H,6,8H2. The van der Waals surface area contributed by atoms with Crippen LogP contribution in [0.15, 0.2) is 66.7 Å². The number of para-hydroxylation sites is 1. The Morgan fingerprint density at radius 3 is 2.59 bits per heavy atom. The van der Waals surface area contributed by atoms with Gasteiger partial charge >= 0.3 is 12.1 Å². The van der Waals surface area contributed by atoms with Crippen molar-refractivity contribution in [1.29, 1.82) is 0 Å². The van der Waals surface area contributed by atoms with Crippen LogP contribution in [0.3, 0.4) is 0 Å². The van der Waals surface area contributed by atoms with Gasteiger partial charge in [-0.3, -0.25) is 9.59 Å². The average Bonchev–Trinajstić information content (AvgIpc) is 3.20. The summed E-state index contributed by atoms with van der Waals surface area (Å²) in [5.74, 6) is -3.08. The monoisotopic (exact) mass is 557 g/mol. The third-order valence-corrected chi connectivity index (χ3v) is 5.30. The molecular formula is C22H12BrClF3NO6. The van der Waals surface area contributed by atoms with E-state index in [-0.39, 0.29) is 34.9 Å². The number of halogens is 5. The summed E-state index contributed by atoms with van der Waals surface area (Å²) in [6, 6.07) is 11.0. The van der Waals surface area contributed by atoms with Crippen molar-refractivity contribution in [1.82, 2.24) is 5.16 Å². The lowest BCUT2D eigenvalue weighted by molar-refractivity contribution is -0.154. The predicted octanol–water partition coefficient (Wildman–Crippen LogP) is 6.55. The minimum Gasteiger partial charge on any atom is -0.448 e. The highest BCUT2D eigenvalue weighted by atomic mass is 79.9. The second kappa shape index (κ2) is 9.51. The van der Waals surface area contributed by atoms with Gasteiger partial charge in [0.15, 0.2) is 5.15 Å². The lowest BCUT2D eigenvalue weighted by Crippen LogP contribution is -2.16. The third-order valence-electron chi connectivity index (χ3n) is 4.47. The van der Waals surface area contributed by atoms with E-state index < -0.39 is 34.7 Å². The lowest BCUT2D eigenvalue weighted by atomic mass is 10.2. The molecule has 2 aromatic heterocycles. The molecule has 0 saturated heterocycles. The van der Waals surface area contributed by atoms with Crippen LogP contribution in [0.25, 0.3) is 11.0 Å². The van der Waals surface area contributed by atoms with Crippen molar-refractivity contribution in [3.63, 3.8) is 0 Å². The van der Waals surface area contributed by atoms with E-state index in [4.69, 9.17) is 30.0 Å². The maximum atomic E-state index is 13.7. The van der Waals surface area contributed by atoms with Crippen molar-refractivity contribution in [2.45, 2.75) is 19.0 Å². The van der Waals surface area contributed by atoms with Crippen molar-refractivity contribution < 1.29 is 36.4 Å². The number of carbonyl (C=O) groups is 1. The molecule has 0 fully saturated rings. The van der Waals surface area contributed by atoms with E-state index in [9.17, 15) is 22.8 Å². The number of esters is 1. The van der Waals surface area contributed by atoms with Gasteiger partial charge in [0.05, 0.1) is 16.3 Å². The second-order valence-corrected chi connectivity index (χ2v) is 8.11. The molecule has 4 aromatic rings. The minimum absolute atomic E-state index is 0.00163. The molecule has 0 saturated carbocycles. The Labute approximate surface area is 202 Å². The first-order chi connectivity index (χ1) is 16.1. The lowest BCUT2D eigenvalue weighted by Gasteiger charge is -2.14. The van der Waals surface area contributed by atoms with E-state index in [1.165, 1.54) is 30.3 Å². The Morgan fingerprint density at radius 2 is 1.91 bits per heavy atom. The van der Waals surface area contributed by atoms with Gasteiger partial charge in [0, 0.05) is 18.6 Å². The smallest absolute Gasteiger partial charge is 0.448 e. The normalized spacial score (nSPS) is 11.6. The summed E-state index contributed by atoms with van der Waals surface area (Å²) in [5, 5.41) is 3.43. The van der Waals surface area contributed by atoms with Crippen molar-refractivity contribution in [3.8, 4) is 17.2 Å². The van der Waals surface area contributed by atoms with Gasteiger partial charge in [-0.05, 0) is 40.2 Å². The first-order valence-corrected chi connectivity index (χ1v) is 10.7. The first kappa shape index (κ1) is 23.8. The molecule has 0 atom stereocenters. The number of aryl methyl sites for hydroxylation is 1. The molecule has 7 nitrogen and oxygen atoms in total. The van der Waals surface area contributed by atoms with E-state index in [0.717, 1.165) is 6.07 Å². The van der Waals surface area contributed by atoms with E-state index >= 15 is 0 Å². The van der Waals surface area contributed by atoms with Crippen LogP contribution in [0.2, 0.25) is 5.15 Å². The first-order valence-electron chi connectivity index (χ1n) is 9.54. The van der Waals surface area contributed by atoms with E-state index in [0.29, 0.717) is 10.2 Å². The number of carbonyl (C=O) groups excluding carboxylic acids is 1. The number of fused-ring (bicyclic) bond motifs is 1. The summed E-state index contributed by atoms with van der Waals surface area (Å²) in [4.78, 5) is 25.0. The summed E-state index contributed by atoms with van der Waals surface area (Å²) >= 11 is 8.80. The van der Waals surface area contributed by atoms with Crippen LogP contribution in [-0.4, -0.2) is 11.1 Å². The molecule has 176 valence electrons. The summed E-state index contributed by atoms with van der Waals surface area (Å²) < 4.78 is 61.8. The van der Waals surface area contributed by atoms with Crippen molar-refractivity contribution >= 4 is 44.5 Å². The highest BCUT2D eigenvalue weighted by Crippen LogP contribution is 2.39. The topological polar surface area (TPSA) is 91.8 Å². The minimum atomic E-state index is -5.03. The van der Waals surface area contributed by atoms with Crippen LogP contribution in [-0.2, 0) is 17.4 Å². The fraction of sp³-hybridized carbons (Fsp3) is 0.136. The Kier molecular flexibility index (Phi) is 6.67. The zero-order chi connectivity index (χ0) is 24.5. The molecule has 0 radical (unpaired) electrons. The highest BCUT2D eigenvalue weighted by Gasteiger charge is 2.40. The highest BCUT2D eigenvalue weighted by molar-refractivity contribution is 9.10. The summed E-state index contributed by atoms with van der Waals surface area (Å²) in [6.45, 7) is 0. The predicted molar refractivity (Wildman–Crippen MR) is 117 cm³/mol. The molecule has 2 heterocycles. The van der Waals surface area contributed by atoms with Gasteiger partial charge in [-0.25, -0.2) is 0 Å². The quantitative estimate of drug-likeness (QED) is 0.196. The van der Waals surface area contributed by atoms with Crippen molar-refractivity contribution in [3.05, 3.63) is 79.9 Å². The Balaban J connectivity index is 1.64. The van der Waals surface area contributed by atoms with Gasteiger partial charge in [0.2, 0.25) is 11.2 Å². The fourth-order valence-electron chi connectivity index (χ4n) is 2.95. The summed E-state index contributed by atoms with van der Waals surface area (Å²) in [7, 11) is 0. The van der Waals surface area contributed by atoms with Crippen LogP contribution in [0.5, 0.6) is 17.2 Å². The maximum absolute atomic E-state index is 13.7. The van der Waals surface area contributed by atoms with Crippen molar-refractivity contribution in [2.75, 3.05) is 0 Å². The molecular weight excluding hydrogens is 547 g/mol. The largest absolute Gasteiger partial charge is 0.453 e. The molecule has 34 heavy (non-hydrogen) atoms. The number of hydrogen-bond acceptors (Lipinski definition) is 7. The van der Waals surface area contributed by atoms with Crippen LogP contribution in [0, 0.1) is 0 Å². The van der Waals surface area contributed by atoms with E-state index in [1.807, 2.05) is 0 Å². The van der Waals surface area contributed by atoms with E-state index in [1.54, 1.807) is 12.1 Å². The van der Waals surface area contributed by atoms with E-state index in [2.05, 4.69) is 21.1 Å². The molecule has 0 aliphatic heterocycles. The van der Waals surface area contributed by atoms with Crippen molar-refractivity contribution in [2.24, 2.45) is 0 Å². The number of hydrogen-bond donors (Lipinski definition) is 0. The molecule has 0 spiro atoms. The van der Waals surface area contributed by atoms with Crippen LogP contribution < -0.4 is 14.9 Å². The maximum Gasteiger partial charge on any atom is 0.453 e. The number of benzene rings is 2. The molecule has 0 unspecified atom stereocenters. The SMILES string of the molecule is O=C(CCc1cc(Cl)no1)Oc1ccc2c(=O)c(Oc3ccccc3Br)c(C(F)(F)F)oc2c1. The average molecular weight is 559 g/mol. The molecule has 0 bridgehead atoms. The number of rotatable bonds is 6.